The van der Waals surface area contributed by atoms with Crippen LogP contribution < -0.4 is 0 Å². The first-order chi connectivity index (χ1) is 11.7. The zero-order chi connectivity index (χ0) is 18.8. The molecule has 0 heterocycles. The molecule has 5 nitrogen and oxygen atoms in total. The van der Waals surface area contributed by atoms with Crippen LogP contribution in [0.3, 0.4) is 0 Å². The van der Waals surface area contributed by atoms with Crippen molar-refractivity contribution in [2.45, 2.75) is 66.7 Å². The highest BCUT2D eigenvalue weighted by Gasteiger charge is 2.57. The predicted molar refractivity (Wildman–Crippen MR) is 93.8 cm³/mol. The van der Waals surface area contributed by atoms with Crippen LogP contribution in [0.1, 0.15) is 66.7 Å². The first-order valence-corrected chi connectivity index (χ1v) is 9.31. The third-order valence-electron chi connectivity index (χ3n) is 6.04. The summed E-state index contributed by atoms with van der Waals surface area (Å²) in [4.78, 5) is 38.0. The van der Waals surface area contributed by atoms with Crippen molar-refractivity contribution < 1.29 is 23.9 Å². The monoisotopic (exact) mass is 350 g/mol. The van der Waals surface area contributed by atoms with Crippen LogP contribution in [-0.4, -0.2) is 30.9 Å². The van der Waals surface area contributed by atoms with Crippen LogP contribution in [0.5, 0.6) is 0 Å². The van der Waals surface area contributed by atoms with Gasteiger partial charge in [-0.1, -0.05) is 18.9 Å². The second-order valence-corrected chi connectivity index (χ2v) is 7.61. The summed E-state index contributed by atoms with van der Waals surface area (Å²) >= 11 is 0. The molecule has 1 saturated carbocycles. The van der Waals surface area contributed by atoms with Gasteiger partial charge in [-0.25, -0.2) is 0 Å². The Morgan fingerprint density at radius 2 is 1.72 bits per heavy atom. The average molecular weight is 350 g/mol. The van der Waals surface area contributed by atoms with Gasteiger partial charge in [-0.3, -0.25) is 14.4 Å². The minimum absolute atomic E-state index is 0.120. The summed E-state index contributed by atoms with van der Waals surface area (Å²) in [5.41, 5.74) is 0.139. The predicted octanol–water partition coefficient (Wildman–Crippen LogP) is 3.60. The normalized spacial score (nSPS) is 26.9. The van der Waals surface area contributed by atoms with Crippen molar-refractivity contribution in [3.8, 4) is 0 Å². The lowest BCUT2D eigenvalue weighted by Crippen LogP contribution is -2.50. The molecule has 2 aliphatic carbocycles. The summed E-state index contributed by atoms with van der Waals surface area (Å²) in [6.45, 7) is 9.47. The van der Waals surface area contributed by atoms with E-state index < -0.39 is 17.4 Å². The molecule has 0 N–H and O–H groups in total. The number of carbonyl (C=O) groups excluding carboxylic acids is 3. The molecule has 0 aromatic rings. The van der Waals surface area contributed by atoms with Gasteiger partial charge < -0.3 is 9.47 Å². The molecular weight excluding hydrogens is 320 g/mol. The number of hydrogen-bond acceptors (Lipinski definition) is 5. The van der Waals surface area contributed by atoms with Crippen LogP contribution in [0.25, 0.3) is 0 Å². The van der Waals surface area contributed by atoms with Crippen LogP contribution in [0.2, 0.25) is 0 Å². The number of ketones is 1. The molecule has 0 aromatic carbocycles. The number of hydrogen-bond donors (Lipinski definition) is 0. The van der Waals surface area contributed by atoms with Gasteiger partial charge >= 0.3 is 11.9 Å². The van der Waals surface area contributed by atoms with Crippen molar-refractivity contribution >= 4 is 17.7 Å². The summed E-state index contributed by atoms with van der Waals surface area (Å²) in [5, 5.41) is 0. The molecule has 0 amide bonds. The van der Waals surface area contributed by atoms with Gasteiger partial charge in [0.2, 0.25) is 0 Å². The number of carbonyl (C=O) groups is 3. The minimum Gasteiger partial charge on any atom is -0.465 e. The van der Waals surface area contributed by atoms with Crippen molar-refractivity contribution in [2.75, 3.05) is 13.2 Å². The number of Topliss-reactive ketones (excluding diaryl/α,β-unsaturated/α-hetero) is 1. The van der Waals surface area contributed by atoms with E-state index in [1.54, 1.807) is 20.8 Å². The fraction of sp³-hybridized carbons (Fsp3) is 0.750. The smallest absolute Gasteiger partial charge is 0.323 e. The molecule has 0 aliphatic heterocycles. The lowest BCUT2D eigenvalue weighted by Gasteiger charge is -2.49. The Balaban J connectivity index is 2.59. The molecule has 2 atom stereocenters. The highest BCUT2D eigenvalue weighted by molar-refractivity contribution is 6.02. The Morgan fingerprint density at radius 1 is 1.16 bits per heavy atom. The van der Waals surface area contributed by atoms with Crippen LogP contribution in [0.4, 0.5) is 0 Å². The molecule has 0 spiro atoms. The zero-order valence-corrected chi connectivity index (χ0v) is 16.1. The molecular formula is C20H30O5. The van der Waals surface area contributed by atoms with E-state index >= 15 is 0 Å². The van der Waals surface area contributed by atoms with Gasteiger partial charge in [-0.05, 0) is 57.9 Å². The molecule has 140 valence electrons. The molecule has 0 radical (unpaired) electrons. The zero-order valence-electron chi connectivity index (χ0n) is 16.1. The Hall–Kier alpha value is -1.65. The average Bonchev–Trinajstić information content (AvgIpc) is 2.57. The van der Waals surface area contributed by atoms with Gasteiger partial charge in [0.15, 0.2) is 11.2 Å². The van der Waals surface area contributed by atoms with Gasteiger partial charge in [0.05, 0.1) is 13.2 Å². The maximum atomic E-state index is 12.8. The molecule has 25 heavy (non-hydrogen) atoms. The van der Waals surface area contributed by atoms with E-state index in [2.05, 4.69) is 6.92 Å². The maximum absolute atomic E-state index is 12.8. The number of ether oxygens (including phenoxy) is 2. The number of allylic oxidation sites excluding steroid dienone is 2. The van der Waals surface area contributed by atoms with E-state index in [9.17, 15) is 14.4 Å². The first kappa shape index (κ1) is 19.7. The van der Waals surface area contributed by atoms with Gasteiger partial charge in [0.25, 0.3) is 0 Å². The Morgan fingerprint density at radius 3 is 2.24 bits per heavy atom. The quantitative estimate of drug-likeness (QED) is 0.560. The second kappa shape index (κ2) is 7.30. The first-order valence-electron chi connectivity index (χ1n) is 9.31. The maximum Gasteiger partial charge on any atom is 0.323 e. The highest BCUT2D eigenvalue weighted by atomic mass is 16.6. The lowest BCUT2D eigenvalue weighted by atomic mass is 9.54. The molecule has 1 fully saturated rings. The molecule has 2 aliphatic rings. The summed E-state index contributed by atoms with van der Waals surface area (Å²) in [7, 11) is 0. The van der Waals surface area contributed by atoms with Crippen molar-refractivity contribution in [1.29, 1.82) is 0 Å². The lowest BCUT2D eigenvalue weighted by molar-refractivity contribution is -0.175. The van der Waals surface area contributed by atoms with Gasteiger partial charge in [-0.2, -0.15) is 0 Å². The standard InChI is InChI=1S/C20H30O5/c1-6-24-17(22)20(5,18(23)25-7-2)14-9-8-11-19(4)12-10-15(21)13(3)16(14)19/h14H,6-12H2,1-5H3. The van der Waals surface area contributed by atoms with Crippen molar-refractivity contribution in [3.05, 3.63) is 11.1 Å². The number of esters is 2. The molecule has 0 saturated heterocycles. The molecule has 0 aromatic heterocycles. The fourth-order valence-electron chi connectivity index (χ4n) is 4.60. The van der Waals surface area contributed by atoms with Crippen LogP contribution >= 0.6 is 0 Å². The highest BCUT2D eigenvalue weighted by Crippen LogP contribution is 2.56. The summed E-state index contributed by atoms with van der Waals surface area (Å²) < 4.78 is 10.5. The third kappa shape index (κ3) is 3.25. The largest absolute Gasteiger partial charge is 0.465 e. The Labute approximate surface area is 150 Å². The van der Waals surface area contributed by atoms with Gasteiger partial charge in [0.1, 0.15) is 0 Å². The Bertz CT molecular complexity index is 585. The van der Waals surface area contributed by atoms with E-state index in [-0.39, 0.29) is 30.3 Å². The Kier molecular flexibility index (Phi) is 5.75. The van der Waals surface area contributed by atoms with Crippen LogP contribution in [0, 0.1) is 16.7 Å². The number of fused-ring (bicyclic) bond motifs is 1. The van der Waals surface area contributed by atoms with E-state index in [1.165, 1.54) is 0 Å². The van der Waals surface area contributed by atoms with Gasteiger partial charge in [-0.15, -0.1) is 0 Å². The molecule has 0 bridgehead atoms. The molecule has 2 unspecified atom stereocenters. The van der Waals surface area contributed by atoms with Crippen molar-refractivity contribution in [1.82, 2.24) is 0 Å². The topological polar surface area (TPSA) is 69.7 Å². The SMILES string of the molecule is CCOC(=O)C(C)(C(=O)OCC)C1CCCC2(C)CCC(=O)C(C)=C12. The van der Waals surface area contributed by atoms with E-state index in [0.29, 0.717) is 12.8 Å². The van der Waals surface area contributed by atoms with E-state index in [0.717, 1.165) is 30.4 Å². The molecule has 2 rings (SSSR count). The second-order valence-electron chi connectivity index (χ2n) is 7.61. The summed E-state index contributed by atoms with van der Waals surface area (Å²) in [6, 6.07) is 0. The van der Waals surface area contributed by atoms with E-state index in [1.807, 2.05) is 6.92 Å². The fourth-order valence-corrected chi connectivity index (χ4v) is 4.60. The van der Waals surface area contributed by atoms with Gasteiger partial charge in [0, 0.05) is 12.3 Å². The summed E-state index contributed by atoms with van der Waals surface area (Å²) in [6.07, 6.45) is 3.89. The van der Waals surface area contributed by atoms with E-state index in [4.69, 9.17) is 9.47 Å². The minimum atomic E-state index is -1.41. The molecule has 5 heteroatoms. The summed E-state index contributed by atoms with van der Waals surface area (Å²) in [5.74, 6) is -1.34. The van der Waals surface area contributed by atoms with Crippen LogP contribution in [-0.2, 0) is 23.9 Å². The van der Waals surface area contributed by atoms with Crippen molar-refractivity contribution in [2.24, 2.45) is 16.7 Å². The van der Waals surface area contributed by atoms with Crippen LogP contribution in [0.15, 0.2) is 11.1 Å². The number of rotatable bonds is 5. The third-order valence-corrected chi connectivity index (χ3v) is 6.04. The van der Waals surface area contributed by atoms with Crippen molar-refractivity contribution in [3.63, 3.8) is 0 Å².